The van der Waals surface area contributed by atoms with E-state index in [0.717, 1.165) is 31.4 Å². The summed E-state index contributed by atoms with van der Waals surface area (Å²) in [6, 6.07) is 1.82. The molecule has 0 saturated heterocycles. The highest BCUT2D eigenvalue weighted by Gasteiger charge is 2.36. The molecule has 0 aromatic rings. The maximum Gasteiger partial charge on any atom is 0.194 e. The van der Waals surface area contributed by atoms with Gasteiger partial charge in [0.25, 0.3) is 0 Å². The molecule has 0 aromatic carbocycles. The summed E-state index contributed by atoms with van der Waals surface area (Å²) in [6.07, 6.45) is 6.40. The Morgan fingerprint density at radius 2 is 2.12 bits per heavy atom. The summed E-state index contributed by atoms with van der Waals surface area (Å²) in [5.41, 5.74) is -0.714. The molecule has 132 valence electrons. The Bertz CT molecular complexity index is 606. The minimum absolute atomic E-state index is 0.101. The van der Waals surface area contributed by atoms with Crippen molar-refractivity contribution >= 4 is 5.71 Å². The maximum atomic E-state index is 10.1. The molecule has 2 unspecified atom stereocenters. The molecular formula is C18H27N3O3. The summed E-state index contributed by atoms with van der Waals surface area (Å²) < 4.78 is 5.89. The molecule has 1 fully saturated rings. The van der Waals surface area contributed by atoms with E-state index in [0.29, 0.717) is 11.6 Å². The maximum absolute atomic E-state index is 10.1. The van der Waals surface area contributed by atoms with Gasteiger partial charge in [-0.25, -0.2) is 0 Å². The molecule has 0 spiro atoms. The molecule has 1 aliphatic heterocycles. The molecule has 24 heavy (non-hydrogen) atoms. The van der Waals surface area contributed by atoms with E-state index in [9.17, 15) is 10.2 Å². The number of aliphatic imine (C=N–C) groups is 1. The molecule has 2 atom stereocenters. The number of nitrogens with one attached hydrogen (secondary N) is 1. The van der Waals surface area contributed by atoms with Crippen molar-refractivity contribution < 1.29 is 14.9 Å². The Morgan fingerprint density at radius 3 is 2.71 bits per heavy atom. The first-order valence-corrected chi connectivity index (χ1v) is 8.40. The van der Waals surface area contributed by atoms with Gasteiger partial charge in [-0.05, 0) is 40.5 Å². The third-order valence-electron chi connectivity index (χ3n) is 4.37. The second kappa shape index (κ2) is 6.96. The minimum atomic E-state index is -1.19. The van der Waals surface area contributed by atoms with Gasteiger partial charge < -0.3 is 20.3 Å². The first kappa shape index (κ1) is 18.5. The Balaban J connectivity index is 2.22. The number of hydrogen-bond acceptors (Lipinski definition) is 6. The van der Waals surface area contributed by atoms with Crippen LogP contribution in [-0.4, -0.2) is 39.3 Å². The van der Waals surface area contributed by atoms with Crippen LogP contribution in [0.5, 0.6) is 0 Å². The fraction of sp³-hybridized carbons (Fsp3) is 0.667. The van der Waals surface area contributed by atoms with E-state index in [2.05, 4.69) is 5.32 Å². The lowest BCUT2D eigenvalue weighted by Gasteiger charge is -2.27. The lowest BCUT2D eigenvalue weighted by Crippen LogP contribution is -2.35. The molecule has 1 aliphatic carbocycles. The first-order valence-electron chi connectivity index (χ1n) is 8.40. The largest absolute Gasteiger partial charge is 0.466 e. The number of ether oxygens (including phenoxy) is 1. The van der Waals surface area contributed by atoms with E-state index in [1.165, 1.54) is 6.08 Å². The quantitative estimate of drug-likeness (QED) is 0.685. The minimum Gasteiger partial charge on any atom is -0.466 e. The molecule has 0 aromatic heterocycles. The fourth-order valence-electron chi connectivity index (χ4n) is 2.89. The molecule has 6 nitrogen and oxygen atoms in total. The van der Waals surface area contributed by atoms with Crippen LogP contribution in [0.1, 0.15) is 53.4 Å². The Morgan fingerprint density at radius 1 is 1.46 bits per heavy atom. The van der Waals surface area contributed by atoms with Crippen molar-refractivity contribution in [1.82, 2.24) is 5.32 Å². The van der Waals surface area contributed by atoms with Gasteiger partial charge in [-0.2, -0.15) is 5.26 Å². The zero-order chi connectivity index (χ0) is 18.0. The van der Waals surface area contributed by atoms with Crippen LogP contribution in [0.4, 0.5) is 0 Å². The molecule has 2 rings (SSSR count). The van der Waals surface area contributed by atoms with Crippen molar-refractivity contribution in [3.8, 4) is 6.07 Å². The van der Waals surface area contributed by atoms with Gasteiger partial charge in [-0.15, -0.1) is 0 Å². The highest BCUT2D eigenvalue weighted by Crippen LogP contribution is 2.29. The zero-order valence-corrected chi connectivity index (χ0v) is 14.8. The number of aliphatic hydroxyl groups excluding tert-OH is 1. The van der Waals surface area contributed by atoms with Crippen LogP contribution < -0.4 is 5.32 Å². The molecule has 0 radical (unpaired) electrons. The molecule has 1 heterocycles. The van der Waals surface area contributed by atoms with E-state index in [-0.39, 0.29) is 6.04 Å². The number of allylic oxidation sites excluding steroid dienone is 1. The predicted molar refractivity (Wildman–Crippen MR) is 92.1 cm³/mol. The van der Waals surface area contributed by atoms with Gasteiger partial charge in [-0.1, -0.05) is 12.8 Å². The van der Waals surface area contributed by atoms with Crippen LogP contribution >= 0.6 is 0 Å². The molecule has 3 N–H and O–H groups in total. The SMILES string of the molecule is CC(C)(O)C(=CC#N)NC1=CC(=NC2CCCCC2O)C(C)(C)O1. The number of hydrogen-bond donors (Lipinski definition) is 3. The Kier molecular flexibility index (Phi) is 5.36. The summed E-state index contributed by atoms with van der Waals surface area (Å²) in [4.78, 5) is 4.71. The van der Waals surface area contributed by atoms with Crippen LogP contribution in [-0.2, 0) is 4.74 Å². The average Bonchev–Trinajstić information content (AvgIpc) is 2.74. The van der Waals surface area contributed by atoms with Gasteiger partial charge in [0.1, 0.15) is 5.60 Å². The normalized spacial score (nSPS) is 29.0. The summed E-state index contributed by atoms with van der Waals surface area (Å²) in [6.45, 7) is 7.00. The van der Waals surface area contributed by atoms with E-state index < -0.39 is 17.3 Å². The van der Waals surface area contributed by atoms with Gasteiger partial charge in [0.2, 0.25) is 0 Å². The molecule has 6 heteroatoms. The smallest absolute Gasteiger partial charge is 0.194 e. The summed E-state index contributed by atoms with van der Waals surface area (Å²) in [5.74, 6) is 0.438. The topological polar surface area (TPSA) is 97.9 Å². The molecular weight excluding hydrogens is 306 g/mol. The van der Waals surface area contributed by atoms with Crippen molar-refractivity contribution in [3.05, 3.63) is 23.7 Å². The van der Waals surface area contributed by atoms with E-state index in [1.54, 1.807) is 19.9 Å². The summed E-state index contributed by atoms with van der Waals surface area (Å²) in [5, 5.41) is 32.1. The zero-order valence-electron chi connectivity index (χ0n) is 14.8. The lowest BCUT2D eigenvalue weighted by atomic mass is 9.92. The van der Waals surface area contributed by atoms with Gasteiger partial charge in [-0.3, -0.25) is 4.99 Å². The molecule has 0 amide bonds. The van der Waals surface area contributed by atoms with Crippen molar-refractivity contribution in [2.45, 2.75) is 76.7 Å². The van der Waals surface area contributed by atoms with Gasteiger partial charge in [0.05, 0.1) is 35.2 Å². The fourth-order valence-corrected chi connectivity index (χ4v) is 2.89. The predicted octanol–water partition coefficient (Wildman–Crippen LogP) is 2.15. The highest BCUT2D eigenvalue weighted by atomic mass is 16.5. The average molecular weight is 333 g/mol. The van der Waals surface area contributed by atoms with Crippen LogP contribution in [0.3, 0.4) is 0 Å². The molecule has 0 bridgehead atoms. The second-order valence-corrected chi connectivity index (χ2v) is 7.43. The summed E-state index contributed by atoms with van der Waals surface area (Å²) >= 11 is 0. The monoisotopic (exact) mass is 333 g/mol. The number of nitriles is 1. The Labute approximate surface area is 143 Å². The highest BCUT2D eigenvalue weighted by molar-refractivity contribution is 6.03. The van der Waals surface area contributed by atoms with Crippen molar-refractivity contribution in [3.63, 3.8) is 0 Å². The van der Waals surface area contributed by atoms with Gasteiger partial charge >= 0.3 is 0 Å². The van der Waals surface area contributed by atoms with E-state index in [1.807, 2.05) is 19.9 Å². The summed E-state index contributed by atoms with van der Waals surface area (Å²) in [7, 11) is 0. The van der Waals surface area contributed by atoms with Crippen molar-refractivity contribution in [2.75, 3.05) is 0 Å². The van der Waals surface area contributed by atoms with Crippen LogP contribution in [0.2, 0.25) is 0 Å². The third kappa shape index (κ3) is 4.37. The van der Waals surface area contributed by atoms with Crippen LogP contribution in [0.25, 0.3) is 0 Å². The third-order valence-corrected chi connectivity index (χ3v) is 4.37. The number of aliphatic hydroxyl groups is 2. The Hall–Kier alpha value is -1.84. The standard InChI is InChI=1S/C18H27N3O3/c1-17(2,23)14(9-10-19)21-16-11-15(18(3,4)24-16)20-12-7-5-6-8-13(12)22/h9,11-13,21-23H,5-8H2,1-4H3. The first-order chi connectivity index (χ1) is 11.1. The number of nitrogens with zero attached hydrogens (tertiary/aromatic N) is 2. The van der Waals surface area contributed by atoms with Crippen LogP contribution in [0, 0.1) is 11.3 Å². The van der Waals surface area contributed by atoms with Crippen LogP contribution in [0.15, 0.2) is 28.7 Å². The van der Waals surface area contributed by atoms with E-state index >= 15 is 0 Å². The molecule has 2 aliphatic rings. The van der Waals surface area contributed by atoms with Gasteiger partial charge in [0.15, 0.2) is 5.88 Å². The molecule has 1 saturated carbocycles. The van der Waals surface area contributed by atoms with Crippen molar-refractivity contribution in [2.24, 2.45) is 4.99 Å². The van der Waals surface area contributed by atoms with E-state index in [4.69, 9.17) is 15.0 Å². The second-order valence-electron chi connectivity index (χ2n) is 7.43. The number of rotatable bonds is 4. The van der Waals surface area contributed by atoms with Crippen molar-refractivity contribution in [1.29, 1.82) is 5.26 Å². The van der Waals surface area contributed by atoms with Gasteiger partial charge in [0, 0.05) is 12.2 Å². The lowest BCUT2D eigenvalue weighted by molar-refractivity contribution is 0.0789.